The first-order valence-electron chi connectivity index (χ1n) is 9.33. The molecule has 1 heterocycles. The molecule has 7 N–H and O–H groups in total. The maximum absolute atomic E-state index is 12.7. The highest BCUT2D eigenvalue weighted by atomic mass is 16.6. The fourth-order valence-corrected chi connectivity index (χ4v) is 3.48. The van der Waals surface area contributed by atoms with Crippen molar-refractivity contribution in [1.82, 2.24) is 0 Å². The Morgan fingerprint density at radius 2 is 1.50 bits per heavy atom. The van der Waals surface area contributed by atoms with E-state index in [1.54, 1.807) is 0 Å². The van der Waals surface area contributed by atoms with E-state index < -0.39 is 41.2 Å². The third-order valence-electron chi connectivity index (χ3n) is 5.06. The van der Waals surface area contributed by atoms with Gasteiger partial charge in [0.1, 0.15) is 23.4 Å². The number of phenolic OH excluding ortho intramolecular Hbond substituents is 7. The van der Waals surface area contributed by atoms with E-state index in [-0.39, 0.29) is 40.5 Å². The van der Waals surface area contributed by atoms with Crippen molar-refractivity contribution in [3.63, 3.8) is 0 Å². The number of phenols is 7. The molecule has 1 aliphatic heterocycles. The molecule has 1 aliphatic rings. The molecule has 32 heavy (non-hydrogen) atoms. The Bertz CT molecular complexity index is 1200. The number of fused-ring (bicyclic) bond motifs is 1. The Kier molecular flexibility index (Phi) is 4.97. The summed E-state index contributed by atoms with van der Waals surface area (Å²) in [6, 6.07) is 8.07. The predicted octanol–water partition coefficient (Wildman–Crippen LogP) is 2.53. The summed E-state index contributed by atoms with van der Waals surface area (Å²) in [5, 5.41) is 68.2. The van der Waals surface area contributed by atoms with E-state index in [0.717, 1.165) is 18.2 Å². The van der Waals surface area contributed by atoms with E-state index in [2.05, 4.69) is 0 Å². The van der Waals surface area contributed by atoms with Crippen molar-refractivity contribution in [3.8, 4) is 46.0 Å². The first kappa shape index (κ1) is 20.8. The topological polar surface area (TPSA) is 177 Å². The van der Waals surface area contributed by atoms with Crippen LogP contribution in [0.25, 0.3) is 0 Å². The van der Waals surface area contributed by atoms with Crippen LogP contribution in [0.3, 0.4) is 0 Å². The second kappa shape index (κ2) is 7.65. The Morgan fingerprint density at radius 3 is 2.16 bits per heavy atom. The Morgan fingerprint density at radius 1 is 0.812 bits per heavy atom. The molecule has 3 aromatic rings. The van der Waals surface area contributed by atoms with Crippen LogP contribution in [0, 0.1) is 0 Å². The molecule has 3 aromatic carbocycles. The fourth-order valence-electron chi connectivity index (χ4n) is 3.48. The second-order valence-electron chi connectivity index (χ2n) is 7.24. The average molecular weight is 442 g/mol. The first-order chi connectivity index (χ1) is 15.1. The van der Waals surface area contributed by atoms with Gasteiger partial charge in [0.05, 0.1) is 5.56 Å². The van der Waals surface area contributed by atoms with Crippen molar-refractivity contribution >= 4 is 5.97 Å². The van der Waals surface area contributed by atoms with E-state index in [1.807, 2.05) is 0 Å². The molecule has 0 fully saturated rings. The fraction of sp³-hybridized carbons (Fsp3) is 0.136. The third-order valence-corrected chi connectivity index (χ3v) is 5.06. The molecule has 0 radical (unpaired) electrons. The van der Waals surface area contributed by atoms with Crippen molar-refractivity contribution < 1.29 is 50.0 Å². The third kappa shape index (κ3) is 3.69. The van der Waals surface area contributed by atoms with Crippen molar-refractivity contribution in [2.24, 2.45) is 0 Å². The number of ether oxygens (including phenoxy) is 2. The highest BCUT2D eigenvalue weighted by Gasteiger charge is 2.37. The van der Waals surface area contributed by atoms with Crippen molar-refractivity contribution in [1.29, 1.82) is 0 Å². The second-order valence-corrected chi connectivity index (χ2v) is 7.24. The van der Waals surface area contributed by atoms with Crippen molar-refractivity contribution in [2.75, 3.05) is 0 Å². The van der Waals surface area contributed by atoms with Gasteiger partial charge in [-0.2, -0.15) is 0 Å². The number of hydrogen-bond donors (Lipinski definition) is 7. The minimum atomic E-state index is -1.06. The molecule has 166 valence electrons. The molecule has 0 spiro atoms. The normalized spacial score (nSPS) is 17.2. The summed E-state index contributed by atoms with van der Waals surface area (Å²) in [6.07, 6.45) is -2.12. The number of carbonyl (C=O) groups excluding carboxylic acids is 1. The molecular formula is C22H18O10. The van der Waals surface area contributed by atoms with Gasteiger partial charge in [-0.25, -0.2) is 4.79 Å². The summed E-state index contributed by atoms with van der Waals surface area (Å²) >= 11 is 0. The lowest BCUT2D eigenvalue weighted by atomic mass is 9.93. The summed E-state index contributed by atoms with van der Waals surface area (Å²) in [4.78, 5) is 12.7. The molecule has 0 aromatic heterocycles. The minimum absolute atomic E-state index is 0.0461. The maximum Gasteiger partial charge on any atom is 0.338 e. The zero-order valence-electron chi connectivity index (χ0n) is 16.3. The van der Waals surface area contributed by atoms with Gasteiger partial charge in [0.25, 0.3) is 0 Å². The zero-order chi connectivity index (χ0) is 23.2. The van der Waals surface area contributed by atoms with Gasteiger partial charge < -0.3 is 45.2 Å². The molecule has 10 nitrogen and oxygen atoms in total. The van der Waals surface area contributed by atoms with Gasteiger partial charge in [-0.3, -0.25) is 0 Å². The van der Waals surface area contributed by atoms with Crippen molar-refractivity contribution in [2.45, 2.75) is 18.6 Å². The van der Waals surface area contributed by atoms with Crippen LogP contribution in [0.1, 0.15) is 27.6 Å². The molecule has 0 saturated carbocycles. The zero-order valence-corrected chi connectivity index (χ0v) is 16.3. The molecule has 2 atom stereocenters. The summed E-state index contributed by atoms with van der Waals surface area (Å²) in [5.41, 5.74) is 0.324. The van der Waals surface area contributed by atoms with E-state index in [0.29, 0.717) is 5.56 Å². The van der Waals surface area contributed by atoms with Crippen molar-refractivity contribution in [3.05, 3.63) is 59.2 Å². The standard InChI is InChI=1S/C22H18O10/c23-11-6-14(25)12-8-19(32-22(30)10-4-16(27)20(29)17(28)5-10)21(31-18(12)7-11)9-1-2-13(24)15(26)3-9/h1-7,19,21,23-29H,8H2/t19-,21?/m1/s1. The first-order valence-corrected chi connectivity index (χ1v) is 9.33. The maximum atomic E-state index is 12.7. The predicted molar refractivity (Wildman–Crippen MR) is 107 cm³/mol. The van der Waals surface area contributed by atoms with Crippen LogP contribution in [-0.4, -0.2) is 47.8 Å². The highest BCUT2D eigenvalue weighted by Crippen LogP contribution is 2.44. The van der Waals surface area contributed by atoms with E-state index in [9.17, 15) is 40.5 Å². The molecular weight excluding hydrogens is 424 g/mol. The van der Waals surface area contributed by atoms with Crippen LogP contribution in [0.2, 0.25) is 0 Å². The van der Waals surface area contributed by atoms with E-state index in [1.165, 1.54) is 24.3 Å². The van der Waals surface area contributed by atoms with Gasteiger partial charge in [0, 0.05) is 29.7 Å². The van der Waals surface area contributed by atoms with Crippen LogP contribution in [0.15, 0.2) is 42.5 Å². The summed E-state index contributed by atoms with van der Waals surface area (Å²) < 4.78 is 11.4. The smallest absolute Gasteiger partial charge is 0.338 e. The van der Waals surface area contributed by atoms with E-state index >= 15 is 0 Å². The lowest BCUT2D eigenvalue weighted by Gasteiger charge is -2.34. The van der Waals surface area contributed by atoms with Crippen LogP contribution < -0.4 is 4.74 Å². The Hall–Kier alpha value is -4.47. The van der Waals surface area contributed by atoms with Gasteiger partial charge in [0.15, 0.2) is 34.9 Å². The number of carbonyl (C=O) groups is 1. The Balaban J connectivity index is 1.72. The van der Waals surface area contributed by atoms with Gasteiger partial charge in [-0.15, -0.1) is 0 Å². The molecule has 1 unspecified atom stereocenters. The number of hydrogen-bond acceptors (Lipinski definition) is 10. The number of esters is 1. The molecule has 4 rings (SSSR count). The van der Waals surface area contributed by atoms with Crippen LogP contribution >= 0.6 is 0 Å². The van der Waals surface area contributed by atoms with Gasteiger partial charge in [-0.05, 0) is 24.3 Å². The summed E-state index contributed by atoms with van der Waals surface area (Å²) in [5.74, 6) is -4.43. The summed E-state index contributed by atoms with van der Waals surface area (Å²) in [7, 11) is 0. The van der Waals surface area contributed by atoms with E-state index in [4.69, 9.17) is 9.47 Å². The molecule has 0 saturated heterocycles. The molecule has 0 aliphatic carbocycles. The Labute approximate surface area is 180 Å². The molecule has 0 amide bonds. The van der Waals surface area contributed by atoms with Crippen LogP contribution in [0.4, 0.5) is 0 Å². The quantitative estimate of drug-likeness (QED) is 0.235. The van der Waals surface area contributed by atoms with Crippen LogP contribution in [-0.2, 0) is 11.2 Å². The monoisotopic (exact) mass is 442 g/mol. The SMILES string of the molecule is O=C(O[C@@H]1Cc2c(O)cc(O)cc2OC1c1ccc(O)c(O)c1)c1cc(O)c(O)c(O)c1. The lowest BCUT2D eigenvalue weighted by molar-refractivity contribution is -0.0189. The number of benzene rings is 3. The molecule has 10 heteroatoms. The average Bonchev–Trinajstić information content (AvgIpc) is 2.73. The lowest BCUT2D eigenvalue weighted by Crippen LogP contribution is -2.34. The largest absolute Gasteiger partial charge is 0.508 e. The van der Waals surface area contributed by atoms with Crippen LogP contribution in [0.5, 0.6) is 46.0 Å². The highest BCUT2D eigenvalue weighted by molar-refractivity contribution is 5.91. The summed E-state index contributed by atoms with van der Waals surface area (Å²) in [6.45, 7) is 0. The van der Waals surface area contributed by atoms with Gasteiger partial charge in [-0.1, -0.05) is 6.07 Å². The molecule has 0 bridgehead atoms. The van der Waals surface area contributed by atoms with Gasteiger partial charge >= 0.3 is 5.97 Å². The number of rotatable bonds is 3. The number of aromatic hydroxyl groups is 7. The minimum Gasteiger partial charge on any atom is -0.508 e. The van der Waals surface area contributed by atoms with Gasteiger partial charge in [0.2, 0.25) is 0 Å².